The van der Waals surface area contributed by atoms with E-state index in [0.29, 0.717) is 36.5 Å². The molecule has 0 bridgehead atoms. The number of aliphatic hydroxyl groups is 1. The number of thiophene rings is 1. The lowest BCUT2D eigenvalue weighted by Gasteiger charge is -2.18. The number of hydrogen-bond donors (Lipinski definition) is 3. The maximum absolute atomic E-state index is 12.6. The van der Waals surface area contributed by atoms with Gasteiger partial charge in [0.15, 0.2) is 0 Å². The fourth-order valence-electron chi connectivity index (χ4n) is 2.98. The van der Waals surface area contributed by atoms with Crippen molar-refractivity contribution in [1.29, 1.82) is 0 Å². The molecule has 0 aliphatic carbocycles. The second kappa shape index (κ2) is 8.13. The zero-order chi connectivity index (χ0) is 17.3. The number of methoxy groups -OCH3 is 1. The molecule has 138 valence electrons. The van der Waals surface area contributed by atoms with E-state index in [4.69, 9.17) is 4.74 Å². The van der Waals surface area contributed by atoms with Crippen molar-refractivity contribution < 1.29 is 24.2 Å². The van der Waals surface area contributed by atoms with Gasteiger partial charge in [-0.2, -0.15) is 0 Å². The number of amides is 2. The molecule has 1 aromatic rings. The Hall–Kier alpha value is -1.68. The van der Waals surface area contributed by atoms with E-state index in [2.05, 4.69) is 10.6 Å². The van der Waals surface area contributed by atoms with Gasteiger partial charge in [-0.3, -0.25) is 9.59 Å². The standard InChI is InChI=1S/C15H19N3O5S.ClH/c1-23-15(22)9-3-5-24-14(9)18-4-2-10(13(18)21)17-12(20)11-6-8(19)7-16-11;/h3,5,8,10-11,16,19H,2,4,6-7H2,1H3,(H,17,20);1H. The van der Waals surface area contributed by atoms with Gasteiger partial charge in [-0.05, 0) is 24.3 Å². The summed E-state index contributed by atoms with van der Waals surface area (Å²) in [6, 6.07) is 0.522. The van der Waals surface area contributed by atoms with E-state index in [1.165, 1.54) is 23.3 Å². The number of nitrogens with one attached hydrogen (secondary N) is 2. The third-order valence-electron chi connectivity index (χ3n) is 4.24. The molecule has 3 rings (SSSR count). The summed E-state index contributed by atoms with van der Waals surface area (Å²) in [5.41, 5.74) is 0.350. The zero-order valence-electron chi connectivity index (χ0n) is 13.6. The average Bonchev–Trinajstić information content (AvgIpc) is 3.28. The number of carbonyl (C=O) groups is 3. The zero-order valence-corrected chi connectivity index (χ0v) is 15.2. The first-order valence-corrected chi connectivity index (χ1v) is 8.58. The average molecular weight is 390 g/mol. The summed E-state index contributed by atoms with van der Waals surface area (Å²) < 4.78 is 4.73. The van der Waals surface area contributed by atoms with Crippen molar-refractivity contribution >= 4 is 46.5 Å². The summed E-state index contributed by atoms with van der Waals surface area (Å²) in [7, 11) is 1.29. The van der Waals surface area contributed by atoms with E-state index in [1.807, 2.05) is 0 Å². The van der Waals surface area contributed by atoms with Gasteiger partial charge in [0.25, 0.3) is 0 Å². The minimum Gasteiger partial charge on any atom is -0.465 e. The summed E-state index contributed by atoms with van der Waals surface area (Å²) in [6.07, 6.45) is 0.275. The van der Waals surface area contributed by atoms with Crippen LogP contribution < -0.4 is 15.5 Å². The number of ether oxygens (including phenoxy) is 1. The van der Waals surface area contributed by atoms with Crippen LogP contribution in [0.1, 0.15) is 23.2 Å². The molecule has 3 unspecified atom stereocenters. The SMILES string of the molecule is COC(=O)c1ccsc1N1CCC(NC(=O)C2CC(O)CN2)C1=O.Cl. The van der Waals surface area contributed by atoms with Gasteiger partial charge in [-0.25, -0.2) is 4.79 Å². The second-order valence-electron chi connectivity index (χ2n) is 5.82. The highest BCUT2D eigenvalue weighted by atomic mass is 35.5. The van der Waals surface area contributed by atoms with Gasteiger partial charge in [0.2, 0.25) is 11.8 Å². The summed E-state index contributed by atoms with van der Waals surface area (Å²) in [4.78, 5) is 38.0. The number of β-amino-alcohol motifs (C(OH)–C–C–N with tert-alkyl or cyclic N) is 1. The highest BCUT2D eigenvalue weighted by Crippen LogP contribution is 2.31. The Morgan fingerprint density at radius 1 is 1.48 bits per heavy atom. The fourth-order valence-corrected chi connectivity index (χ4v) is 3.90. The Morgan fingerprint density at radius 3 is 2.88 bits per heavy atom. The second-order valence-corrected chi connectivity index (χ2v) is 6.72. The largest absolute Gasteiger partial charge is 0.465 e. The smallest absolute Gasteiger partial charge is 0.340 e. The molecule has 0 radical (unpaired) electrons. The van der Waals surface area contributed by atoms with Crippen molar-refractivity contribution in [2.45, 2.75) is 31.0 Å². The van der Waals surface area contributed by atoms with Gasteiger partial charge < -0.3 is 25.4 Å². The topological polar surface area (TPSA) is 108 Å². The molecule has 25 heavy (non-hydrogen) atoms. The highest BCUT2D eigenvalue weighted by molar-refractivity contribution is 7.14. The van der Waals surface area contributed by atoms with Crippen molar-refractivity contribution in [1.82, 2.24) is 10.6 Å². The van der Waals surface area contributed by atoms with E-state index in [-0.39, 0.29) is 24.2 Å². The van der Waals surface area contributed by atoms with Crippen molar-refractivity contribution in [2.24, 2.45) is 0 Å². The lowest BCUT2D eigenvalue weighted by atomic mass is 10.1. The molecule has 3 atom stereocenters. The quantitative estimate of drug-likeness (QED) is 0.621. The van der Waals surface area contributed by atoms with Crippen LogP contribution >= 0.6 is 23.7 Å². The molecule has 10 heteroatoms. The molecule has 2 aliphatic heterocycles. The maximum Gasteiger partial charge on any atom is 0.340 e. The monoisotopic (exact) mass is 389 g/mol. The third kappa shape index (κ3) is 3.95. The van der Waals surface area contributed by atoms with Crippen LogP contribution in [0.4, 0.5) is 5.00 Å². The number of aliphatic hydroxyl groups excluding tert-OH is 1. The molecule has 0 spiro atoms. The molecule has 3 N–H and O–H groups in total. The molecule has 2 aliphatic rings. The minimum atomic E-state index is -0.621. The normalized spacial score (nSPS) is 25.6. The number of esters is 1. The summed E-state index contributed by atoms with van der Waals surface area (Å²) >= 11 is 1.29. The fraction of sp³-hybridized carbons (Fsp3) is 0.533. The molecule has 2 amide bonds. The Balaban J connectivity index is 0.00000225. The van der Waals surface area contributed by atoms with Crippen LogP contribution in [0.2, 0.25) is 0 Å². The first-order chi connectivity index (χ1) is 11.5. The Labute approximate surface area is 154 Å². The van der Waals surface area contributed by atoms with Crippen molar-refractivity contribution in [3.63, 3.8) is 0 Å². The van der Waals surface area contributed by atoms with Crippen LogP contribution in [0.15, 0.2) is 11.4 Å². The Morgan fingerprint density at radius 2 is 2.24 bits per heavy atom. The molecular formula is C15H20ClN3O5S. The van der Waals surface area contributed by atoms with Crippen LogP contribution in [-0.2, 0) is 14.3 Å². The summed E-state index contributed by atoms with van der Waals surface area (Å²) in [6.45, 7) is 0.801. The number of nitrogens with zero attached hydrogens (tertiary/aromatic N) is 1. The number of anilines is 1. The highest BCUT2D eigenvalue weighted by Gasteiger charge is 2.38. The number of halogens is 1. The molecular weight excluding hydrogens is 370 g/mol. The summed E-state index contributed by atoms with van der Waals surface area (Å²) in [5.74, 6) is -1.02. The van der Waals surface area contributed by atoms with Gasteiger partial charge in [0.1, 0.15) is 11.0 Å². The van der Waals surface area contributed by atoms with Crippen LogP contribution in [0.25, 0.3) is 0 Å². The Kier molecular flexibility index (Phi) is 6.39. The van der Waals surface area contributed by atoms with E-state index in [1.54, 1.807) is 11.4 Å². The first-order valence-electron chi connectivity index (χ1n) is 7.70. The number of carbonyl (C=O) groups excluding carboxylic acids is 3. The first kappa shape index (κ1) is 19.6. The number of rotatable bonds is 4. The van der Waals surface area contributed by atoms with Gasteiger partial charge in [-0.15, -0.1) is 23.7 Å². The van der Waals surface area contributed by atoms with Crippen molar-refractivity contribution in [3.8, 4) is 0 Å². The lowest BCUT2D eigenvalue weighted by molar-refractivity contribution is -0.127. The third-order valence-corrected chi connectivity index (χ3v) is 5.18. The molecule has 8 nitrogen and oxygen atoms in total. The summed E-state index contributed by atoms with van der Waals surface area (Å²) in [5, 5.41) is 17.4. The van der Waals surface area contributed by atoms with Gasteiger partial charge in [0, 0.05) is 13.1 Å². The van der Waals surface area contributed by atoms with Crippen molar-refractivity contribution in [3.05, 3.63) is 17.0 Å². The van der Waals surface area contributed by atoms with Gasteiger partial charge in [0.05, 0.1) is 24.8 Å². The lowest BCUT2D eigenvalue weighted by Crippen LogP contribution is -2.48. The molecule has 1 aromatic heterocycles. The van der Waals surface area contributed by atoms with E-state index >= 15 is 0 Å². The van der Waals surface area contributed by atoms with Gasteiger partial charge in [-0.1, -0.05) is 0 Å². The van der Waals surface area contributed by atoms with Crippen LogP contribution in [-0.4, -0.2) is 61.3 Å². The van der Waals surface area contributed by atoms with Crippen LogP contribution in [0.5, 0.6) is 0 Å². The predicted molar refractivity (Wildman–Crippen MR) is 94.2 cm³/mol. The number of hydrogen-bond acceptors (Lipinski definition) is 7. The molecule has 0 saturated carbocycles. The van der Waals surface area contributed by atoms with Crippen molar-refractivity contribution in [2.75, 3.05) is 25.1 Å². The molecule has 3 heterocycles. The molecule has 0 aromatic carbocycles. The van der Waals surface area contributed by atoms with Gasteiger partial charge >= 0.3 is 5.97 Å². The molecule has 2 fully saturated rings. The van der Waals surface area contributed by atoms with Crippen LogP contribution in [0.3, 0.4) is 0 Å². The Bertz CT molecular complexity index is 667. The van der Waals surface area contributed by atoms with Crippen LogP contribution in [0, 0.1) is 0 Å². The van der Waals surface area contributed by atoms with E-state index in [9.17, 15) is 19.5 Å². The predicted octanol–water partition coefficient (Wildman–Crippen LogP) is -0.0992. The minimum absolute atomic E-state index is 0. The van der Waals surface area contributed by atoms with E-state index in [0.717, 1.165) is 0 Å². The maximum atomic E-state index is 12.6. The molecule has 2 saturated heterocycles. The van der Waals surface area contributed by atoms with E-state index < -0.39 is 24.2 Å².